The number of rotatable bonds is 8. The van der Waals surface area contributed by atoms with Crippen LogP contribution in [0.15, 0.2) is 35.8 Å². The van der Waals surface area contributed by atoms with Crippen LogP contribution in [0.3, 0.4) is 0 Å². The van der Waals surface area contributed by atoms with Gasteiger partial charge in [-0.1, -0.05) is 48.1 Å². The van der Waals surface area contributed by atoms with Crippen LogP contribution in [0.1, 0.15) is 51.6 Å². The smallest absolute Gasteiger partial charge is 0.257 e. The molecule has 0 aliphatic heterocycles. The molecule has 0 aliphatic rings. The molecule has 2 aromatic heterocycles. The summed E-state index contributed by atoms with van der Waals surface area (Å²) < 4.78 is 0. The van der Waals surface area contributed by atoms with Gasteiger partial charge in [0.1, 0.15) is 10.8 Å². The minimum absolute atomic E-state index is 0.00199. The van der Waals surface area contributed by atoms with E-state index < -0.39 is 11.8 Å². The molecule has 0 bridgehead atoms. The lowest BCUT2D eigenvalue weighted by Crippen LogP contribution is -2.24. The summed E-state index contributed by atoms with van der Waals surface area (Å²) >= 11 is 25.5. The molecular weight excluding hydrogens is 526 g/mol. The van der Waals surface area contributed by atoms with Gasteiger partial charge in [0.2, 0.25) is 0 Å². The standard InChI is InChI=1S/C22H18Cl4N4O2S/c1-2-3-16(27)14-6-13(25)7-15(20(31)29-17-5-4-12(24)9-28-17)18(14)21(32)30-22-19(26)11(8-23)10-33-22/h4-7,9-10,27H,2-3,8H2,1H3,(H,30,32)(H,28,29,31). The van der Waals surface area contributed by atoms with E-state index in [1.165, 1.54) is 35.7 Å². The van der Waals surface area contributed by atoms with Gasteiger partial charge in [-0.25, -0.2) is 4.98 Å². The Balaban J connectivity index is 2.06. The van der Waals surface area contributed by atoms with Gasteiger partial charge in [0, 0.05) is 28.4 Å². The van der Waals surface area contributed by atoms with Crippen LogP contribution in [0, 0.1) is 5.41 Å². The number of carbonyl (C=O) groups is 2. The molecule has 3 N–H and O–H groups in total. The van der Waals surface area contributed by atoms with Crippen LogP contribution in [0.2, 0.25) is 15.1 Å². The Morgan fingerprint density at radius 2 is 1.79 bits per heavy atom. The van der Waals surface area contributed by atoms with Crippen LogP contribution in [0.4, 0.5) is 10.8 Å². The molecular formula is C22H18Cl4N4O2S. The van der Waals surface area contributed by atoms with Crippen LogP contribution in [0.5, 0.6) is 0 Å². The number of aromatic nitrogens is 1. The van der Waals surface area contributed by atoms with Crippen molar-refractivity contribution in [3.8, 4) is 0 Å². The third-order valence-electron chi connectivity index (χ3n) is 4.54. The first kappa shape index (κ1) is 25.5. The molecule has 2 amide bonds. The summed E-state index contributed by atoms with van der Waals surface area (Å²) in [4.78, 5) is 30.6. The fourth-order valence-electron chi connectivity index (χ4n) is 3.01. The minimum Gasteiger partial charge on any atom is -0.312 e. The van der Waals surface area contributed by atoms with E-state index >= 15 is 0 Å². The molecule has 33 heavy (non-hydrogen) atoms. The van der Waals surface area contributed by atoms with Crippen molar-refractivity contribution in [1.82, 2.24) is 4.98 Å². The Bertz CT molecular complexity index is 1210. The Labute approximate surface area is 214 Å². The van der Waals surface area contributed by atoms with Crippen molar-refractivity contribution in [3.63, 3.8) is 0 Å². The van der Waals surface area contributed by atoms with Crippen molar-refractivity contribution in [2.75, 3.05) is 10.6 Å². The van der Waals surface area contributed by atoms with Gasteiger partial charge in [0.15, 0.2) is 0 Å². The highest BCUT2D eigenvalue weighted by molar-refractivity contribution is 7.15. The lowest BCUT2D eigenvalue weighted by Gasteiger charge is -2.16. The fraction of sp³-hybridized carbons (Fsp3) is 0.182. The molecule has 3 aromatic rings. The number of nitrogens with zero attached hydrogens (tertiary/aromatic N) is 1. The Morgan fingerprint density at radius 1 is 1.06 bits per heavy atom. The number of anilines is 2. The highest BCUT2D eigenvalue weighted by Crippen LogP contribution is 2.35. The summed E-state index contributed by atoms with van der Waals surface area (Å²) in [7, 11) is 0. The van der Waals surface area contributed by atoms with E-state index in [9.17, 15) is 9.59 Å². The number of benzene rings is 1. The second kappa shape index (κ2) is 11.3. The summed E-state index contributed by atoms with van der Waals surface area (Å²) in [6.07, 6.45) is 2.47. The van der Waals surface area contributed by atoms with Gasteiger partial charge in [-0.3, -0.25) is 9.59 Å². The van der Waals surface area contributed by atoms with E-state index in [2.05, 4.69) is 15.6 Å². The molecule has 6 nitrogen and oxygen atoms in total. The number of nitrogens with one attached hydrogen (secondary N) is 3. The summed E-state index contributed by atoms with van der Waals surface area (Å²) in [6.45, 7) is 1.91. The lowest BCUT2D eigenvalue weighted by atomic mass is 9.94. The Hall–Kier alpha value is -2.16. The van der Waals surface area contributed by atoms with Crippen LogP contribution in [-0.4, -0.2) is 22.5 Å². The molecule has 0 radical (unpaired) electrons. The van der Waals surface area contributed by atoms with Gasteiger partial charge in [-0.2, -0.15) is 0 Å². The van der Waals surface area contributed by atoms with E-state index in [1.807, 2.05) is 6.92 Å². The van der Waals surface area contributed by atoms with E-state index in [0.717, 1.165) is 0 Å². The van der Waals surface area contributed by atoms with Gasteiger partial charge >= 0.3 is 0 Å². The predicted molar refractivity (Wildman–Crippen MR) is 137 cm³/mol. The highest BCUT2D eigenvalue weighted by atomic mass is 35.5. The molecule has 0 aliphatic carbocycles. The van der Waals surface area contributed by atoms with Crippen LogP contribution in [0.25, 0.3) is 0 Å². The average Bonchev–Trinajstić information content (AvgIpc) is 3.13. The van der Waals surface area contributed by atoms with Gasteiger partial charge in [0.05, 0.1) is 21.2 Å². The monoisotopic (exact) mass is 542 g/mol. The van der Waals surface area contributed by atoms with Crippen molar-refractivity contribution >= 4 is 86.1 Å². The van der Waals surface area contributed by atoms with Crippen LogP contribution >= 0.6 is 57.7 Å². The van der Waals surface area contributed by atoms with Crippen molar-refractivity contribution in [2.45, 2.75) is 25.6 Å². The summed E-state index contributed by atoms with van der Waals surface area (Å²) in [5.41, 5.74) is 1.14. The van der Waals surface area contributed by atoms with Crippen molar-refractivity contribution in [1.29, 1.82) is 5.41 Å². The zero-order valence-electron chi connectivity index (χ0n) is 17.3. The SMILES string of the molecule is CCCC(=N)c1cc(Cl)cc(C(=O)Nc2ccc(Cl)cn2)c1C(=O)Nc1scc(CCl)c1Cl. The number of carbonyl (C=O) groups excluding carboxylic acids is 2. The zero-order chi connectivity index (χ0) is 24.1. The summed E-state index contributed by atoms with van der Waals surface area (Å²) in [6, 6.07) is 5.99. The summed E-state index contributed by atoms with van der Waals surface area (Å²) in [5, 5.41) is 16.9. The molecule has 0 saturated heterocycles. The Morgan fingerprint density at radius 3 is 2.39 bits per heavy atom. The average molecular weight is 544 g/mol. The maximum atomic E-state index is 13.4. The minimum atomic E-state index is -0.609. The first-order valence-corrected chi connectivity index (χ1v) is 12.3. The number of halogens is 4. The van der Waals surface area contributed by atoms with Crippen molar-refractivity contribution in [3.05, 3.63) is 73.2 Å². The van der Waals surface area contributed by atoms with Gasteiger partial charge in [-0.15, -0.1) is 22.9 Å². The summed E-state index contributed by atoms with van der Waals surface area (Å²) in [5.74, 6) is -0.766. The van der Waals surface area contributed by atoms with Gasteiger partial charge in [-0.05, 0) is 41.6 Å². The lowest BCUT2D eigenvalue weighted by molar-refractivity contribution is 0.0990. The topological polar surface area (TPSA) is 94.9 Å². The van der Waals surface area contributed by atoms with Crippen molar-refractivity contribution in [2.24, 2.45) is 0 Å². The quantitative estimate of drug-likeness (QED) is 0.202. The predicted octanol–water partition coefficient (Wildman–Crippen LogP) is 7.51. The van der Waals surface area contributed by atoms with E-state index in [1.54, 1.807) is 11.4 Å². The first-order chi connectivity index (χ1) is 15.7. The highest BCUT2D eigenvalue weighted by Gasteiger charge is 2.25. The number of hydrogen-bond acceptors (Lipinski definition) is 5. The molecule has 11 heteroatoms. The molecule has 1 aromatic carbocycles. The largest absolute Gasteiger partial charge is 0.312 e. The van der Waals surface area contributed by atoms with E-state index in [-0.39, 0.29) is 39.1 Å². The number of amides is 2. The normalized spacial score (nSPS) is 10.7. The number of alkyl halides is 1. The third-order valence-corrected chi connectivity index (χ3v) is 6.76. The van der Waals surface area contributed by atoms with Gasteiger partial charge < -0.3 is 16.0 Å². The second-order valence-electron chi connectivity index (χ2n) is 6.91. The number of hydrogen-bond donors (Lipinski definition) is 3. The van der Waals surface area contributed by atoms with Crippen LogP contribution < -0.4 is 10.6 Å². The molecule has 0 spiro atoms. The molecule has 0 unspecified atom stereocenters. The maximum absolute atomic E-state index is 13.4. The molecule has 0 fully saturated rings. The maximum Gasteiger partial charge on any atom is 0.257 e. The third kappa shape index (κ3) is 6.05. The van der Waals surface area contributed by atoms with E-state index in [4.69, 9.17) is 51.8 Å². The second-order valence-corrected chi connectivity index (χ2v) is 9.31. The molecule has 0 saturated carbocycles. The molecule has 3 rings (SSSR count). The molecule has 2 heterocycles. The fourth-order valence-corrected chi connectivity index (χ4v) is 4.92. The zero-order valence-corrected chi connectivity index (χ0v) is 21.1. The molecule has 0 atom stereocenters. The number of thiophene rings is 1. The van der Waals surface area contributed by atoms with E-state index in [0.29, 0.717) is 33.5 Å². The van der Waals surface area contributed by atoms with Crippen molar-refractivity contribution < 1.29 is 9.59 Å². The first-order valence-electron chi connectivity index (χ1n) is 9.72. The Kier molecular flexibility index (Phi) is 8.73. The van der Waals surface area contributed by atoms with Crippen LogP contribution in [-0.2, 0) is 5.88 Å². The van der Waals surface area contributed by atoms with Gasteiger partial charge in [0.25, 0.3) is 11.8 Å². The molecule has 172 valence electrons. The number of pyridine rings is 1.